The summed E-state index contributed by atoms with van der Waals surface area (Å²) in [6, 6.07) is 12.2. The number of halogens is 3. The second-order valence-electron chi connectivity index (χ2n) is 10.2. The van der Waals surface area contributed by atoms with Crippen molar-refractivity contribution in [3.8, 4) is 17.6 Å². The van der Waals surface area contributed by atoms with E-state index >= 15 is 0 Å². The Labute approximate surface area is 226 Å². The molecule has 3 aromatic rings. The van der Waals surface area contributed by atoms with Crippen LogP contribution >= 0.6 is 0 Å². The van der Waals surface area contributed by atoms with Crippen LogP contribution in [-0.4, -0.2) is 48.9 Å². The summed E-state index contributed by atoms with van der Waals surface area (Å²) in [6.07, 6.45) is -0.826. The second-order valence-corrected chi connectivity index (χ2v) is 10.2. The molecule has 2 aromatic carbocycles. The molecule has 1 amide bonds. The highest BCUT2D eigenvalue weighted by Gasteiger charge is 2.31. The zero-order chi connectivity index (χ0) is 28.2. The number of benzene rings is 2. The number of amides is 1. The Morgan fingerprint density at radius 1 is 1.18 bits per heavy atom. The van der Waals surface area contributed by atoms with Gasteiger partial charge in [-0.05, 0) is 74.9 Å². The highest BCUT2D eigenvalue weighted by Crippen LogP contribution is 2.33. The van der Waals surface area contributed by atoms with Crippen LogP contribution in [0.25, 0.3) is 10.9 Å². The third-order valence-corrected chi connectivity index (χ3v) is 7.05. The van der Waals surface area contributed by atoms with Crippen molar-refractivity contribution in [1.29, 1.82) is 0 Å². The Kier molecular flexibility index (Phi) is 8.31. The summed E-state index contributed by atoms with van der Waals surface area (Å²) in [5.41, 5.74) is 8.68. The minimum Gasteiger partial charge on any atom is -0.495 e. The number of anilines is 2. The molecule has 0 unspecified atom stereocenters. The number of hydrogen-bond acceptors (Lipinski definition) is 5. The Morgan fingerprint density at radius 3 is 2.59 bits per heavy atom. The van der Waals surface area contributed by atoms with Gasteiger partial charge in [-0.1, -0.05) is 12.0 Å². The van der Waals surface area contributed by atoms with Crippen molar-refractivity contribution < 1.29 is 22.7 Å². The Morgan fingerprint density at radius 2 is 1.92 bits per heavy atom. The molecule has 0 saturated heterocycles. The van der Waals surface area contributed by atoms with Gasteiger partial charge in [0.05, 0.1) is 30.6 Å². The Bertz CT molecular complexity index is 1390. The van der Waals surface area contributed by atoms with Gasteiger partial charge < -0.3 is 31.0 Å². The number of hydrogen-bond donors (Lipinski definition) is 4. The van der Waals surface area contributed by atoms with Gasteiger partial charge in [-0.25, -0.2) is 0 Å². The summed E-state index contributed by atoms with van der Waals surface area (Å²) in [6.45, 7) is 1.08. The normalized spacial score (nSPS) is 19.2. The van der Waals surface area contributed by atoms with E-state index in [0.717, 1.165) is 31.4 Å². The maximum Gasteiger partial charge on any atom is 0.406 e. The molecular formula is C29H34F3N5O2. The van der Waals surface area contributed by atoms with Gasteiger partial charge in [-0.15, -0.1) is 0 Å². The number of ether oxygens (including phenoxy) is 1. The molecule has 1 fully saturated rings. The summed E-state index contributed by atoms with van der Waals surface area (Å²) in [5.74, 6) is 6.06. The summed E-state index contributed by atoms with van der Waals surface area (Å²) in [4.78, 5) is 11.9. The average molecular weight is 542 g/mol. The first kappa shape index (κ1) is 28.2. The summed E-state index contributed by atoms with van der Waals surface area (Å²) in [5, 5.41) is 9.89. The number of carbonyl (C=O) groups is 1. The van der Waals surface area contributed by atoms with Gasteiger partial charge in [-0.2, -0.15) is 13.2 Å². The first-order valence-electron chi connectivity index (χ1n) is 12.9. The van der Waals surface area contributed by atoms with Crippen LogP contribution in [0.3, 0.4) is 0 Å². The lowest BCUT2D eigenvalue weighted by Gasteiger charge is -2.35. The van der Waals surface area contributed by atoms with E-state index in [2.05, 4.69) is 34.7 Å². The van der Waals surface area contributed by atoms with Gasteiger partial charge in [0.25, 0.3) is 5.91 Å². The third kappa shape index (κ3) is 6.98. The van der Waals surface area contributed by atoms with Crippen LogP contribution in [0.5, 0.6) is 5.75 Å². The predicted molar refractivity (Wildman–Crippen MR) is 148 cm³/mol. The second kappa shape index (κ2) is 11.5. The van der Waals surface area contributed by atoms with Gasteiger partial charge in [0.2, 0.25) is 0 Å². The molecule has 39 heavy (non-hydrogen) atoms. The maximum atomic E-state index is 13.5. The molecule has 0 aliphatic heterocycles. The van der Waals surface area contributed by atoms with E-state index in [0.29, 0.717) is 27.9 Å². The summed E-state index contributed by atoms with van der Waals surface area (Å²) < 4.78 is 47.2. The van der Waals surface area contributed by atoms with Crippen molar-refractivity contribution in [2.45, 2.75) is 56.9 Å². The van der Waals surface area contributed by atoms with Crippen molar-refractivity contribution in [2.24, 2.45) is 5.73 Å². The maximum absolute atomic E-state index is 13.5. The Hall–Kier alpha value is -3.84. The first-order chi connectivity index (χ1) is 18.5. The number of methoxy groups -OCH3 is 1. The van der Waals surface area contributed by atoms with Crippen molar-refractivity contribution in [1.82, 2.24) is 9.88 Å². The van der Waals surface area contributed by atoms with E-state index in [1.807, 2.05) is 6.07 Å². The molecule has 1 heterocycles. The molecule has 0 radical (unpaired) electrons. The highest BCUT2D eigenvalue weighted by atomic mass is 19.4. The van der Waals surface area contributed by atoms with Crippen molar-refractivity contribution in [3.05, 3.63) is 53.7 Å². The number of rotatable bonds is 7. The number of nitrogens with one attached hydrogen (secondary N) is 3. The van der Waals surface area contributed by atoms with Gasteiger partial charge >= 0.3 is 6.18 Å². The highest BCUT2D eigenvalue weighted by molar-refractivity contribution is 5.95. The fraction of sp³-hybridized carbons (Fsp3) is 0.414. The van der Waals surface area contributed by atoms with E-state index in [9.17, 15) is 18.0 Å². The standard InChI is InChI=1S/C29H34F3N5O2/c1-28(33)13-11-20(12-14-28)36-23-7-4-8-25-22(23)17-21(37(25)18-29(30,31)32)6-5-15-35-24-10-9-19(27(38)34-2)16-26(24)39-3/h4,7-10,16-17,20,35-36H,11-15,18,33H2,1-3H3,(H,34,38). The zero-order valence-electron chi connectivity index (χ0n) is 22.3. The van der Waals surface area contributed by atoms with Gasteiger partial charge in [0.15, 0.2) is 0 Å². The van der Waals surface area contributed by atoms with Crippen LogP contribution in [-0.2, 0) is 6.54 Å². The number of alkyl halides is 3. The molecule has 0 atom stereocenters. The fourth-order valence-electron chi connectivity index (χ4n) is 4.90. The van der Waals surface area contributed by atoms with Gasteiger partial charge in [0.1, 0.15) is 12.3 Å². The quantitative estimate of drug-likeness (QED) is 0.312. The number of nitrogens with zero attached hydrogens (tertiary/aromatic N) is 1. The van der Waals surface area contributed by atoms with Crippen molar-refractivity contribution in [3.63, 3.8) is 0 Å². The van der Waals surface area contributed by atoms with Crippen molar-refractivity contribution >= 4 is 28.2 Å². The van der Waals surface area contributed by atoms with Crippen LogP contribution in [0.1, 0.15) is 48.7 Å². The minimum atomic E-state index is -4.40. The topological polar surface area (TPSA) is 93.3 Å². The first-order valence-corrected chi connectivity index (χ1v) is 12.9. The van der Waals surface area contributed by atoms with Crippen LogP contribution in [0.2, 0.25) is 0 Å². The predicted octanol–water partition coefficient (Wildman–Crippen LogP) is 5.11. The fourth-order valence-corrected chi connectivity index (χ4v) is 4.90. The van der Waals surface area contributed by atoms with Crippen LogP contribution in [0.15, 0.2) is 42.5 Å². The van der Waals surface area contributed by atoms with Crippen LogP contribution < -0.4 is 26.4 Å². The summed E-state index contributed by atoms with van der Waals surface area (Å²) >= 11 is 0. The lowest BCUT2D eigenvalue weighted by Crippen LogP contribution is -2.42. The van der Waals surface area contributed by atoms with Crippen LogP contribution in [0, 0.1) is 11.8 Å². The van der Waals surface area contributed by atoms with Gasteiger partial charge in [0, 0.05) is 35.3 Å². The van der Waals surface area contributed by atoms with Crippen molar-refractivity contribution in [2.75, 3.05) is 31.3 Å². The van der Waals surface area contributed by atoms with E-state index in [-0.39, 0.29) is 29.7 Å². The molecule has 1 aliphatic carbocycles. The number of carbonyl (C=O) groups excluding carboxylic acids is 1. The van der Waals surface area contributed by atoms with E-state index < -0.39 is 12.7 Å². The Balaban J connectivity index is 1.57. The number of aromatic nitrogens is 1. The van der Waals surface area contributed by atoms with E-state index in [1.54, 1.807) is 43.4 Å². The molecule has 4 rings (SSSR count). The zero-order valence-corrected chi connectivity index (χ0v) is 22.3. The average Bonchev–Trinajstić information content (AvgIpc) is 3.24. The molecular weight excluding hydrogens is 507 g/mol. The monoisotopic (exact) mass is 541 g/mol. The van der Waals surface area contributed by atoms with E-state index in [1.165, 1.54) is 11.7 Å². The lowest BCUT2D eigenvalue weighted by atomic mass is 9.81. The number of fused-ring (bicyclic) bond motifs is 1. The lowest BCUT2D eigenvalue weighted by molar-refractivity contribution is -0.140. The molecule has 1 saturated carbocycles. The van der Waals surface area contributed by atoms with E-state index in [4.69, 9.17) is 10.5 Å². The molecule has 0 spiro atoms. The molecule has 208 valence electrons. The molecule has 1 aromatic heterocycles. The van der Waals surface area contributed by atoms with Crippen LogP contribution in [0.4, 0.5) is 24.5 Å². The molecule has 5 N–H and O–H groups in total. The molecule has 1 aliphatic rings. The molecule has 10 heteroatoms. The summed E-state index contributed by atoms with van der Waals surface area (Å²) in [7, 11) is 3.03. The minimum absolute atomic E-state index is 0.161. The smallest absolute Gasteiger partial charge is 0.406 e. The molecule has 7 nitrogen and oxygen atoms in total. The van der Waals surface area contributed by atoms with Gasteiger partial charge in [-0.3, -0.25) is 4.79 Å². The number of nitrogens with two attached hydrogens (primary N) is 1. The largest absolute Gasteiger partial charge is 0.495 e. The third-order valence-electron chi connectivity index (χ3n) is 7.05. The molecule has 0 bridgehead atoms. The SMILES string of the molecule is CNC(=O)c1ccc(NCC#Cc2cc3c(NC4CCC(C)(N)CC4)cccc3n2CC(F)(F)F)c(OC)c1.